The number of amides is 1. The average molecular weight is 355 g/mol. The second-order valence-corrected chi connectivity index (χ2v) is 6.80. The van der Waals surface area contributed by atoms with Gasteiger partial charge in [0.05, 0.1) is 0 Å². The molecule has 0 saturated carbocycles. The van der Waals surface area contributed by atoms with Crippen LogP contribution in [0.3, 0.4) is 0 Å². The normalized spacial score (nSPS) is 17.0. The second-order valence-electron chi connectivity index (χ2n) is 6.80. The molecule has 5 heteroatoms. The number of nitrogens with one attached hydrogen (secondary N) is 1. The van der Waals surface area contributed by atoms with E-state index in [2.05, 4.69) is 10.3 Å². The molecule has 1 aromatic carbocycles. The number of nitrogens with zero attached hydrogens (tertiary/aromatic N) is 2. The monoisotopic (exact) mass is 355 g/mol. The molecule has 0 spiro atoms. The van der Waals surface area contributed by atoms with Gasteiger partial charge in [-0.05, 0) is 56.0 Å². The maximum absolute atomic E-state index is 13.6. The minimum Gasteiger partial charge on any atom is -0.340 e. The Morgan fingerprint density at radius 3 is 2.81 bits per heavy atom. The van der Waals surface area contributed by atoms with Gasteiger partial charge in [-0.15, -0.1) is 0 Å². The molecule has 3 rings (SSSR count). The van der Waals surface area contributed by atoms with Gasteiger partial charge < -0.3 is 10.2 Å². The summed E-state index contributed by atoms with van der Waals surface area (Å²) in [4.78, 5) is 18.2. The third-order valence-corrected chi connectivity index (χ3v) is 4.99. The highest BCUT2D eigenvalue weighted by atomic mass is 19.1. The number of likely N-dealkylation sites (tertiary alicyclic amines) is 1. The zero-order valence-corrected chi connectivity index (χ0v) is 15.0. The Kier molecular flexibility index (Phi) is 6.72. The van der Waals surface area contributed by atoms with Crippen molar-refractivity contribution in [2.75, 3.05) is 13.1 Å². The van der Waals surface area contributed by atoms with Crippen molar-refractivity contribution in [2.45, 2.75) is 44.7 Å². The quantitative estimate of drug-likeness (QED) is 0.702. The largest absolute Gasteiger partial charge is 0.340 e. The zero-order chi connectivity index (χ0) is 18.2. The van der Waals surface area contributed by atoms with Gasteiger partial charge in [-0.1, -0.05) is 18.2 Å². The van der Waals surface area contributed by atoms with Gasteiger partial charge in [0.1, 0.15) is 5.82 Å². The third kappa shape index (κ3) is 5.11. The second kappa shape index (κ2) is 9.43. The molecule has 1 aliphatic rings. The number of hydrogen-bond acceptors (Lipinski definition) is 3. The Labute approximate surface area is 154 Å². The molecule has 2 aromatic rings. The first kappa shape index (κ1) is 18.5. The van der Waals surface area contributed by atoms with Crippen molar-refractivity contribution in [1.29, 1.82) is 0 Å². The van der Waals surface area contributed by atoms with Gasteiger partial charge in [0.2, 0.25) is 5.91 Å². The smallest absolute Gasteiger partial charge is 0.222 e. The molecule has 1 fully saturated rings. The lowest BCUT2D eigenvalue weighted by molar-refractivity contribution is -0.129. The number of aromatic nitrogens is 1. The Morgan fingerprint density at radius 2 is 2.00 bits per heavy atom. The molecule has 0 radical (unpaired) electrons. The van der Waals surface area contributed by atoms with Crippen LogP contribution in [-0.2, 0) is 17.8 Å². The van der Waals surface area contributed by atoms with Gasteiger partial charge in [-0.25, -0.2) is 4.39 Å². The standard InChI is InChI=1S/C21H26FN3O/c22-20-6-2-1-5-18(20)16-24-14-11-19-7-8-21(26)25(19)15-3-4-17-9-12-23-13-10-17/h1-2,5-6,9-10,12-13,19,24H,3-4,7-8,11,14-16H2/t19-/m1/s1. The topological polar surface area (TPSA) is 45.2 Å². The van der Waals surface area contributed by atoms with E-state index in [-0.39, 0.29) is 11.7 Å². The Balaban J connectivity index is 1.40. The SMILES string of the molecule is O=C1CC[C@H](CCNCc2ccccc2F)N1CCCc1ccncc1. The lowest BCUT2D eigenvalue weighted by Crippen LogP contribution is -2.36. The van der Waals surface area contributed by atoms with Crippen LogP contribution in [0.1, 0.15) is 36.8 Å². The van der Waals surface area contributed by atoms with E-state index in [9.17, 15) is 9.18 Å². The van der Waals surface area contributed by atoms with Crippen LogP contribution >= 0.6 is 0 Å². The predicted octanol–water partition coefficient (Wildman–Crippen LogP) is 3.32. The predicted molar refractivity (Wildman–Crippen MR) is 100 cm³/mol. The van der Waals surface area contributed by atoms with E-state index in [1.165, 1.54) is 11.6 Å². The summed E-state index contributed by atoms with van der Waals surface area (Å²) >= 11 is 0. The summed E-state index contributed by atoms with van der Waals surface area (Å²) in [6, 6.07) is 11.2. The number of rotatable bonds is 9. The Morgan fingerprint density at radius 1 is 1.19 bits per heavy atom. The van der Waals surface area contributed by atoms with E-state index in [1.54, 1.807) is 24.5 Å². The molecule has 0 unspecified atom stereocenters. The van der Waals surface area contributed by atoms with E-state index in [0.29, 0.717) is 24.6 Å². The molecule has 1 aromatic heterocycles. The van der Waals surface area contributed by atoms with Crippen molar-refractivity contribution in [3.63, 3.8) is 0 Å². The van der Waals surface area contributed by atoms with Crippen molar-refractivity contribution in [3.8, 4) is 0 Å². The summed E-state index contributed by atoms with van der Waals surface area (Å²) in [5, 5.41) is 3.30. The first-order valence-electron chi connectivity index (χ1n) is 9.36. The molecular formula is C21H26FN3O. The fourth-order valence-electron chi connectivity index (χ4n) is 3.54. The number of benzene rings is 1. The molecule has 0 aliphatic carbocycles. The molecule has 2 heterocycles. The molecular weight excluding hydrogens is 329 g/mol. The van der Waals surface area contributed by atoms with E-state index >= 15 is 0 Å². The molecule has 138 valence electrons. The average Bonchev–Trinajstić information content (AvgIpc) is 3.01. The first-order chi connectivity index (χ1) is 12.7. The van der Waals surface area contributed by atoms with Crippen LogP contribution < -0.4 is 5.32 Å². The van der Waals surface area contributed by atoms with Crippen LogP contribution in [0.15, 0.2) is 48.8 Å². The van der Waals surface area contributed by atoms with Crippen LogP contribution in [0.5, 0.6) is 0 Å². The maximum atomic E-state index is 13.6. The molecule has 1 aliphatic heterocycles. The number of carbonyl (C=O) groups excluding carboxylic acids is 1. The summed E-state index contributed by atoms with van der Waals surface area (Å²) in [6.07, 6.45) is 8.03. The molecule has 26 heavy (non-hydrogen) atoms. The van der Waals surface area contributed by atoms with Crippen molar-refractivity contribution in [1.82, 2.24) is 15.2 Å². The van der Waals surface area contributed by atoms with Crippen LogP contribution in [0, 0.1) is 5.82 Å². The van der Waals surface area contributed by atoms with Crippen LogP contribution in [0.25, 0.3) is 0 Å². The third-order valence-electron chi connectivity index (χ3n) is 4.99. The Bertz CT molecular complexity index is 707. The fourth-order valence-corrected chi connectivity index (χ4v) is 3.54. The maximum Gasteiger partial charge on any atom is 0.222 e. The van der Waals surface area contributed by atoms with Crippen LogP contribution in [0.4, 0.5) is 4.39 Å². The number of pyridine rings is 1. The fraction of sp³-hybridized carbons (Fsp3) is 0.429. The van der Waals surface area contributed by atoms with Gasteiger partial charge in [0.15, 0.2) is 0 Å². The number of aryl methyl sites for hydroxylation is 1. The number of halogens is 1. The van der Waals surface area contributed by atoms with E-state index in [0.717, 1.165) is 38.8 Å². The molecule has 0 bridgehead atoms. The van der Waals surface area contributed by atoms with E-state index in [4.69, 9.17) is 0 Å². The summed E-state index contributed by atoms with van der Waals surface area (Å²) in [5.74, 6) is 0.0904. The molecule has 1 atom stereocenters. The highest BCUT2D eigenvalue weighted by Gasteiger charge is 2.29. The van der Waals surface area contributed by atoms with Crippen molar-refractivity contribution >= 4 is 5.91 Å². The van der Waals surface area contributed by atoms with Crippen molar-refractivity contribution in [2.24, 2.45) is 0 Å². The summed E-state index contributed by atoms with van der Waals surface area (Å²) in [7, 11) is 0. The molecule has 1 N–H and O–H groups in total. The number of hydrogen-bond donors (Lipinski definition) is 1. The van der Waals surface area contributed by atoms with Gasteiger partial charge in [-0.3, -0.25) is 9.78 Å². The summed E-state index contributed by atoms with van der Waals surface area (Å²) in [5.41, 5.74) is 1.94. The van der Waals surface area contributed by atoms with Crippen LogP contribution in [-0.4, -0.2) is 34.9 Å². The summed E-state index contributed by atoms with van der Waals surface area (Å²) in [6.45, 7) is 2.11. The highest BCUT2D eigenvalue weighted by Crippen LogP contribution is 2.22. The van der Waals surface area contributed by atoms with E-state index in [1.807, 2.05) is 23.1 Å². The zero-order valence-electron chi connectivity index (χ0n) is 15.0. The molecule has 1 saturated heterocycles. The number of carbonyl (C=O) groups is 1. The lowest BCUT2D eigenvalue weighted by Gasteiger charge is -2.25. The summed E-state index contributed by atoms with van der Waals surface area (Å²) < 4.78 is 13.6. The van der Waals surface area contributed by atoms with E-state index < -0.39 is 0 Å². The molecule has 4 nitrogen and oxygen atoms in total. The molecule has 1 amide bonds. The van der Waals surface area contributed by atoms with Gasteiger partial charge in [-0.2, -0.15) is 0 Å². The lowest BCUT2D eigenvalue weighted by atomic mass is 10.1. The van der Waals surface area contributed by atoms with Crippen molar-refractivity contribution in [3.05, 3.63) is 65.7 Å². The minimum atomic E-state index is -0.172. The van der Waals surface area contributed by atoms with Gasteiger partial charge in [0, 0.05) is 43.5 Å². The Hall–Kier alpha value is -2.27. The highest BCUT2D eigenvalue weighted by molar-refractivity contribution is 5.78. The first-order valence-corrected chi connectivity index (χ1v) is 9.36. The van der Waals surface area contributed by atoms with Gasteiger partial charge >= 0.3 is 0 Å². The van der Waals surface area contributed by atoms with Crippen molar-refractivity contribution < 1.29 is 9.18 Å². The van der Waals surface area contributed by atoms with Gasteiger partial charge in [0.25, 0.3) is 0 Å². The van der Waals surface area contributed by atoms with Crippen LogP contribution in [0.2, 0.25) is 0 Å². The minimum absolute atomic E-state index is 0.172.